The van der Waals surface area contributed by atoms with Crippen molar-refractivity contribution in [2.45, 2.75) is 32.6 Å². The molecule has 1 aliphatic carbocycles. The lowest BCUT2D eigenvalue weighted by Crippen LogP contribution is -2.42. The Morgan fingerprint density at radius 3 is 2.59 bits per heavy atom. The highest BCUT2D eigenvalue weighted by Crippen LogP contribution is 2.50. The second-order valence-electron chi connectivity index (χ2n) is 8.24. The third-order valence-corrected chi connectivity index (χ3v) is 6.01. The van der Waals surface area contributed by atoms with Crippen molar-refractivity contribution in [1.29, 1.82) is 5.26 Å². The van der Waals surface area contributed by atoms with Gasteiger partial charge in [0.05, 0.1) is 17.6 Å². The normalized spacial score (nSPS) is 21.1. The van der Waals surface area contributed by atoms with Gasteiger partial charge < -0.3 is 5.73 Å². The summed E-state index contributed by atoms with van der Waals surface area (Å²) in [6.07, 6.45) is 4.53. The Bertz CT molecular complexity index is 1080. The van der Waals surface area contributed by atoms with Crippen molar-refractivity contribution in [3.05, 3.63) is 81.5 Å². The number of aromatic nitrogens is 1. The fourth-order valence-electron chi connectivity index (χ4n) is 4.27. The van der Waals surface area contributed by atoms with Crippen LogP contribution in [0, 0.1) is 16.7 Å². The number of nitriles is 1. The molecular weight excluding hydrogens is 428 g/mol. The van der Waals surface area contributed by atoms with Gasteiger partial charge in [-0.3, -0.25) is 14.7 Å². The number of benzene rings is 1. The van der Waals surface area contributed by atoms with Crippen LogP contribution in [0.2, 0.25) is 0 Å². The molecule has 1 unspecified atom stereocenters. The number of allylic oxidation sites excluding steroid dienone is 3. The van der Waals surface area contributed by atoms with Crippen LogP contribution in [0.3, 0.4) is 0 Å². The first-order valence-corrected chi connectivity index (χ1v) is 10.2. The van der Waals surface area contributed by atoms with Crippen molar-refractivity contribution in [2.24, 2.45) is 11.1 Å². The summed E-state index contributed by atoms with van der Waals surface area (Å²) in [6, 6.07) is 13.7. The standard InChI is InChI=1S/C23H21BrN4O/c1-23(2)10-18-21(19(29)11-23)20(14-4-3-9-27-13-14)17(12-25)22(26)28(18)16-7-5-15(24)6-8-16/h3-9,13,20H,10-11,26H2,1-2H3. The van der Waals surface area contributed by atoms with Crippen LogP contribution in [-0.2, 0) is 4.79 Å². The number of hydrogen-bond acceptors (Lipinski definition) is 5. The molecular formula is C23H21BrN4O. The summed E-state index contributed by atoms with van der Waals surface area (Å²) in [5, 5.41) is 10.0. The molecule has 29 heavy (non-hydrogen) atoms. The third kappa shape index (κ3) is 3.36. The highest BCUT2D eigenvalue weighted by atomic mass is 79.9. The summed E-state index contributed by atoms with van der Waals surface area (Å²) in [5.74, 6) is -0.0561. The number of ketones is 1. The number of rotatable bonds is 2. The van der Waals surface area contributed by atoms with Gasteiger partial charge in [-0.2, -0.15) is 5.26 Å². The van der Waals surface area contributed by atoms with Crippen LogP contribution >= 0.6 is 15.9 Å². The number of anilines is 1. The van der Waals surface area contributed by atoms with Crippen LogP contribution in [-0.4, -0.2) is 10.8 Å². The van der Waals surface area contributed by atoms with E-state index < -0.39 is 5.92 Å². The molecule has 0 saturated carbocycles. The van der Waals surface area contributed by atoms with Gasteiger partial charge in [-0.15, -0.1) is 0 Å². The quantitative estimate of drug-likeness (QED) is 0.713. The molecule has 0 radical (unpaired) electrons. The van der Waals surface area contributed by atoms with E-state index in [2.05, 4.69) is 40.8 Å². The topological polar surface area (TPSA) is 83.0 Å². The first-order chi connectivity index (χ1) is 13.8. The molecule has 146 valence electrons. The van der Waals surface area contributed by atoms with Crippen molar-refractivity contribution >= 4 is 27.4 Å². The lowest BCUT2D eigenvalue weighted by Gasteiger charge is -2.43. The van der Waals surface area contributed by atoms with Crippen LogP contribution < -0.4 is 10.6 Å². The second kappa shape index (κ2) is 7.16. The van der Waals surface area contributed by atoms with Crippen LogP contribution in [0.4, 0.5) is 5.69 Å². The molecule has 0 saturated heterocycles. The molecule has 2 aliphatic rings. The number of halogens is 1. The molecule has 2 heterocycles. The first-order valence-electron chi connectivity index (χ1n) is 9.44. The van der Waals surface area contributed by atoms with Gasteiger partial charge in [0, 0.05) is 40.2 Å². The van der Waals surface area contributed by atoms with Crippen molar-refractivity contribution in [2.75, 3.05) is 4.90 Å². The Balaban J connectivity index is 1.99. The molecule has 6 heteroatoms. The van der Waals surface area contributed by atoms with E-state index in [1.54, 1.807) is 12.4 Å². The maximum Gasteiger partial charge on any atom is 0.162 e. The maximum absolute atomic E-state index is 13.3. The Kier molecular flexibility index (Phi) is 4.79. The number of nitrogens with two attached hydrogens (primary N) is 1. The lowest BCUT2D eigenvalue weighted by molar-refractivity contribution is -0.118. The molecule has 0 amide bonds. The van der Waals surface area contributed by atoms with Gasteiger partial charge in [0.25, 0.3) is 0 Å². The monoisotopic (exact) mass is 448 g/mol. The summed E-state index contributed by atoms with van der Waals surface area (Å²) in [4.78, 5) is 19.4. The van der Waals surface area contributed by atoms with Crippen LogP contribution in [0.25, 0.3) is 0 Å². The van der Waals surface area contributed by atoms with E-state index in [0.717, 1.165) is 21.4 Å². The van der Waals surface area contributed by atoms with E-state index in [1.807, 2.05) is 41.3 Å². The number of carbonyl (C=O) groups excluding carboxylic acids is 1. The zero-order valence-corrected chi connectivity index (χ0v) is 17.9. The summed E-state index contributed by atoms with van der Waals surface area (Å²) < 4.78 is 0.948. The number of nitrogens with zero attached hydrogens (tertiary/aromatic N) is 3. The zero-order valence-electron chi connectivity index (χ0n) is 16.3. The van der Waals surface area contributed by atoms with Crippen molar-refractivity contribution in [3.63, 3.8) is 0 Å². The molecule has 1 aliphatic heterocycles. The smallest absolute Gasteiger partial charge is 0.162 e. The number of carbonyl (C=O) groups is 1. The predicted octanol–water partition coefficient (Wildman–Crippen LogP) is 4.78. The number of hydrogen-bond donors (Lipinski definition) is 1. The lowest BCUT2D eigenvalue weighted by atomic mass is 9.68. The van der Waals surface area contributed by atoms with Crippen LogP contribution in [0.15, 0.2) is 75.9 Å². The molecule has 1 aromatic carbocycles. The average molecular weight is 449 g/mol. The van der Waals surface area contributed by atoms with Crippen LogP contribution in [0.5, 0.6) is 0 Å². The molecule has 0 bridgehead atoms. The van der Waals surface area contributed by atoms with Crippen molar-refractivity contribution in [3.8, 4) is 6.07 Å². The van der Waals surface area contributed by atoms with Gasteiger partial charge in [0.2, 0.25) is 0 Å². The summed E-state index contributed by atoms with van der Waals surface area (Å²) in [7, 11) is 0. The molecule has 0 spiro atoms. The fraction of sp³-hybridized carbons (Fsp3) is 0.261. The van der Waals surface area contributed by atoms with Gasteiger partial charge in [0.15, 0.2) is 5.78 Å². The molecule has 1 atom stereocenters. The van der Waals surface area contributed by atoms with E-state index in [0.29, 0.717) is 29.8 Å². The predicted molar refractivity (Wildman–Crippen MR) is 115 cm³/mol. The summed E-state index contributed by atoms with van der Waals surface area (Å²) >= 11 is 3.46. The zero-order chi connectivity index (χ0) is 20.8. The molecule has 5 nitrogen and oxygen atoms in total. The molecule has 1 aromatic heterocycles. The van der Waals surface area contributed by atoms with Gasteiger partial charge in [-0.25, -0.2) is 0 Å². The molecule has 2 aromatic rings. The Labute approximate surface area is 178 Å². The average Bonchev–Trinajstić information content (AvgIpc) is 2.68. The van der Waals surface area contributed by atoms with E-state index in [9.17, 15) is 10.1 Å². The van der Waals surface area contributed by atoms with Crippen molar-refractivity contribution in [1.82, 2.24) is 4.98 Å². The SMILES string of the molecule is CC1(C)CC(=O)C2=C(C1)N(c1ccc(Br)cc1)C(N)=C(C#N)C2c1cccnc1. The summed E-state index contributed by atoms with van der Waals surface area (Å²) in [6.45, 7) is 4.18. The first kappa shape index (κ1) is 19.4. The van der Waals surface area contributed by atoms with Crippen molar-refractivity contribution < 1.29 is 4.79 Å². The number of pyridine rings is 1. The highest BCUT2D eigenvalue weighted by molar-refractivity contribution is 9.10. The van der Waals surface area contributed by atoms with Crippen LogP contribution in [0.1, 0.15) is 38.2 Å². The minimum atomic E-state index is -0.487. The van der Waals surface area contributed by atoms with Gasteiger partial charge in [-0.05, 0) is 47.7 Å². The van der Waals surface area contributed by atoms with E-state index in [1.165, 1.54) is 0 Å². The minimum Gasteiger partial charge on any atom is -0.384 e. The van der Waals surface area contributed by atoms with Gasteiger partial charge in [0.1, 0.15) is 5.82 Å². The molecule has 0 fully saturated rings. The second-order valence-corrected chi connectivity index (χ2v) is 9.16. The van der Waals surface area contributed by atoms with Gasteiger partial charge in [-0.1, -0.05) is 35.8 Å². The largest absolute Gasteiger partial charge is 0.384 e. The van der Waals surface area contributed by atoms with E-state index in [4.69, 9.17) is 5.73 Å². The Morgan fingerprint density at radius 1 is 1.24 bits per heavy atom. The Morgan fingerprint density at radius 2 is 1.97 bits per heavy atom. The maximum atomic E-state index is 13.3. The molecule has 4 rings (SSSR count). The van der Waals surface area contributed by atoms with E-state index >= 15 is 0 Å². The Hall–Kier alpha value is -2.91. The minimum absolute atomic E-state index is 0.0625. The van der Waals surface area contributed by atoms with E-state index in [-0.39, 0.29) is 11.2 Å². The fourth-order valence-corrected chi connectivity index (χ4v) is 4.54. The van der Waals surface area contributed by atoms with Gasteiger partial charge >= 0.3 is 0 Å². The highest BCUT2D eigenvalue weighted by Gasteiger charge is 2.44. The summed E-state index contributed by atoms with van der Waals surface area (Å²) in [5.41, 5.74) is 9.95. The third-order valence-electron chi connectivity index (χ3n) is 5.48. The molecule has 2 N–H and O–H groups in total. The number of Topliss-reactive ketones (excluding diaryl/α,β-unsaturated/α-hetero) is 1.